The number of hydrogen-bond donors (Lipinski definition) is 1. The second-order valence-corrected chi connectivity index (χ2v) is 12.1. The molecule has 0 bridgehead atoms. The average molecular weight is 449 g/mol. The van der Waals surface area contributed by atoms with Gasteiger partial charge >= 0.3 is 11.9 Å². The van der Waals surface area contributed by atoms with Crippen molar-refractivity contribution in [2.45, 2.75) is 104 Å². The monoisotopic (exact) mass is 448 g/mol. The number of rotatable bonds is 5. The van der Waals surface area contributed by atoms with Crippen molar-refractivity contribution in [1.29, 1.82) is 0 Å². The van der Waals surface area contributed by atoms with Crippen molar-refractivity contribution in [1.82, 2.24) is 0 Å². The van der Waals surface area contributed by atoms with Crippen LogP contribution in [-0.4, -0.2) is 36.4 Å². The molecule has 10 atom stereocenters. The molecule has 182 valence electrons. The van der Waals surface area contributed by atoms with Crippen LogP contribution in [0.1, 0.15) is 91.9 Å². The molecule has 0 radical (unpaired) electrons. The Bertz CT molecular complexity index is 721. The molecule has 5 heteroatoms. The van der Waals surface area contributed by atoms with Gasteiger partial charge in [-0.2, -0.15) is 0 Å². The molecular formula is C27H44O5. The Morgan fingerprint density at radius 2 is 1.81 bits per heavy atom. The highest BCUT2D eigenvalue weighted by Crippen LogP contribution is 2.68. The van der Waals surface area contributed by atoms with Crippen molar-refractivity contribution in [3.05, 3.63) is 0 Å². The highest BCUT2D eigenvalue weighted by atomic mass is 16.5. The molecular weight excluding hydrogens is 404 g/mol. The van der Waals surface area contributed by atoms with Crippen LogP contribution in [0.2, 0.25) is 0 Å². The highest BCUT2D eigenvalue weighted by Gasteiger charge is 2.64. The first-order chi connectivity index (χ1) is 15.1. The third-order valence-corrected chi connectivity index (χ3v) is 10.8. The van der Waals surface area contributed by atoms with Crippen LogP contribution in [0.25, 0.3) is 0 Å². The lowest BCUT2D eigenvalue weighted by molar-refractivity contribution is -0.196. The van der Waals surface area contributed by atoms with E-state index in [9.17, 15) is 14.7 Å². The number of aliphatic hydroxyl groups excluding tert-OH is 1. The van der Waals surface area contributed by atoms with Crippen molar-refractivity contribution in [2.24, 2.45) is 46.3 Å². The van der Waals surface area contributed by atoms with Crippen LogP contribution in [-0.2, 0) is 19.1 Å². The summed E-state index contributed by atoms with van der Waals surface area (Å²) in [5, 5.41) is 10.3. The number of hydrogen-bond acceptors (Lipinski definition) is 5. The summed E-state index contributed by atoms with van der Waals surface area (Å²) in [7, 11) is 1.46. The fourth-order valence-corrected chi connectivity index (χ4v) is 9.16. The summed E-state index contributed by atoms with van der Waals surface area (Å²) in [6.07, 6.45) is 9.81. The van der Waals surface area contributed by atoms with Gasteiger partial charge < -0.3 is 14.6 Å². The number of fused-ring (bicyclic) bond motifs is 5. The molecule has 0 spiro atoms. The largest absolute Gasteiger partial charge is 0.469 e. The molecule has 0 saturated heterocycles. The third kappa shape index (κ3) is 3.91. The second-order valence-electron chi connectivity index (χ2n) is 12.1. The lowest BCUT2D eigenvalue weighted by atomic mass is 9.43. The van der Waals surface area contributed by atoms with Gasteiger partial charge in [0.25, 0.3) is 0 Å². The van der Waals surface area contributed by atoms with E-state index in [-0.39, 0.29) is 35.0 Å². The maximum atomic E-state index is 12.2. The van der Waals surface area contributed by atoms with Gasteiger partial charge in [-0.3, -0.25) is 9.59 Å². The van der Waals surface area contributed by atoms with E-state index in [4.69, 9.17) is 9.47 Å². The van der Waals surface area contributed by atoms with Crippen LogP contribution < -0.4 is 0 Å². The first-order valence-corrected chi connectivity index (χ1v) is 13.0. The average Bonchev–Trinajstić information content (AvgIpc) is 3.11. The number of aliphatic hydroxyl groups is 1. The Kier molecular flexibility index (Phi) is 6.70. The first kappa shape index (κ1) is 24.0. The smallest absolute Gasteiger partial charge is 0.305 e. The van der Waals surface area contributed by atoms with Crippen LogP contribution in [0.3, 0.4) is 0 Å². The maximum absolute atomic E-state index is 12.2. The number of carbonyl (C=O) groups is 2. The minimum atomic E-state index is -0.169. The van der Waals surface area contributed by atoms with E-state index in [2.05, 4.69) is 20.8 Å². The molecule has 4 rings (SSSR count). The van der Waals surface area contributed by atoms with Crippen molar-refractivity contribution >= 4 is 11.9 Å². The Hall–Kier alpha value is -1.10. The highest BCUT2D eigenvalue weighted by molar-refractivity contribution is 5.69. The van der Waals surface area contributed by atoms with Crippen molar-refractivity contribution < 1.29 is 24.2 Å². The number of carbonyl (C=O) groups excluding carboxylic acids is 2. The Labute approximate surface area is 194 Å². The summed E-state index contributed by atoms with van der Waals surface area (Å²) in [6, 6.07) is 0. The molecule has 0 aromatic heterocycles. The zero-order chi connectivity index (χ0) is 23.3. The van der Waals surface area contributed by atoms with Gasteiger partial charge in [-0.25, -0.2) is 0 Å². The molecule has 4 fully saturated rings. The summed E-state index contributed by atoms with van der Waals surface area (Å²) in [5.74, 6) is 2.96. The lowest BCUT2D eigenvalue weighted by Gasteiger charge is -2.62. The van der Waals surface area contributed by atoms with E-state index in [1.54, 1.807) is 6.92 Å². The first-order valence-electron chi connectivity index (χ1n) is 13.0. The predicted octanol–water partition coefficient (Wildman–Crippen LogP) is 5.14. The molecule has 4 saturated carbocycles. The number of ether oxygens (including phenoxy) is 2. The maximum Gasteiger partial charge on any atom is 0.305 e. The van der Waals surface area contributed by atoms with E-state index in [0.717, 1.165) is 38.5 Å². The van der Waals surface area contributed by atoms with Gasteiger partial charge in [0.15, 0.2) is 0 Å². The molecule has 4 aliphatic carbocycles. The molecule has 0 aromatic carbocycles. The molecule has 0 amide bonds. The molecule has 32 heavy (non-hydrogen) atoms. The number of esters is 2. The Morgan fingerprint density at radius 1 is 1.06 bits per heavy atom. The molecule has 1 N–H and O–H groups in total. The topological polar surface area (TPSA) is 72.8 Å². The minimum absolute atomic E-state index is 0.0280. The fraction of sp³-hybridized carbons (Fsp3) is 0.926. The minimum Gasteiger partial charge on any atom is -0.469 e. The van der Waals surface area contributed by atoms with Gasteiger partial charge in [-0.05, 0) is 98.7 Å². The molecule has 0 heterocycles. The SMILES string of the molecule is COC(=O)CC[C@@H](C)[C@H]1CC[C@H]2[C@@H]3CCC4CC(O)CC[C@]4(C)[C@H]3CC(OC(C)=O)[C@]12C. The van der Waals surface area contributed by atoms with Gasteiger partial charge in [-0.1, -0.05) is 20.8 Å². The van der Waals surface area contributed by atoms with Gasteiger partial charge in [0.05, 0.1) is 13.2 Å². The van der Waals surface area contributed by atoms with Crippen molar-refractivity contribution in [3.8, 4) is 0 Å². The van der Waals surface area contributed by atoms with Gasteiger partial charge in [0.2, 0.25) is 0 Å². The molecule has 0 aliphatic heterocycles. The van der Waals surface area contributed by atoms with Crippen LogP contribution in [0, 0.1) is 46.3 Å². The Balaban J connectivity index is 1.62. The van der Waals surface area contributed by atoms with Gasteiger partial charge in [0.1, 0.15) is 6.10 Å². The standard InChI is InChI=1S/C27H44O5/c1-16(6-11-25(30)31-5)21-9-10-22-20-8-7-18-14-19(29)12-13-26(18,3)23(20)15-24(27(21,22)4)32-17(2)28/h16,18-24,29H,6-15H2,1-5H3/t16-,18?,19?,20+,21-,22+,23+,24?,26+,27-/m1/s1. The molecule has 5 nitrogen and oxygen atoms in total. The van der Waals surface area contributed by atoms with Crippen LogP contribution in [0.4, 0.5) is 0 Å². The van der Waals surface area contributed by atoms with Gasteiger partial charge in [0, 0.05) is 18.8 Å². The second kappa shape index (κ2) is 8.92. The third-order valence-electron chi connectivity index (χ3n) is 10.8. The van der Waals surface area contributed by atoms with Crippen LogP contribution in [0.15, 0.2) is 0 Å². The molecule has 4 aliphatic rings. The summed E-state index contributed by atoms with van der Waals surface area (Å²) in [6.45, 7) is 8.70. The van der Waals surface area contributed by atoms with E-state index in [1.165, 1.54) is 26.4 Å². The fourth-order valence-electron chi connectivity index (χ4n) is 9.16. The van der Waals surface area contributed by atoms with Crippen LogP contribution in [0.5, 0.6) is 0 Å². The summed E-state index contributed by atoms with van der Waals surface area (Å²) in [4.78, 5) is 24.0. The quantitative estimate of drug-likeness (QED) is 0.590. The van der Waals surface area contributed by atoms with E-state index in [1.807, 2.05) is 0 Å². The lowest BCUT2D eigenvalue weighted by Crippen LogP contribution is -2.59. The summed E-state index contributed by atoms with van der Waals surface area (Å²) >= 11 is 0. The predicted molar refractivity (Wildman–Crippen MR) is 123 cm³/mol. The normalized spacial score (nSPS) is 46.4. The van der Waals surface area contributed by atoms with Gasteiger partial charge in [-0.15, -0.1) is 0 Å². The zero-order valence-corrected chi connectivity index (χ0v) is 20.8. The zero-order valence-electron chi connectivity index (χ0n) is 20.8. The van der Waals surface area contributed by atoms with E-state index >= 15 is 0 Å². The van der Waals surface area contributed by atoms with Crippen molar-refractivity contribution in [2.75, 3.05) is 7.11 Å². The van der Waals surface area contributed by atoms with Crippen LogP contribution >= 0.6 is 0 Å². The summed E-state index contributed by atoms with van der Waals surface area (Å²) < 4.78 is 11.0. The van der Waals surface area contributed by atoms with E-state index < -0.39 is 0 Å². The summed E-state index contributed by atoms with van der Waals surface area (Å²) in [5.41, 5.74) is 0.218. The Morgan fingerprint density at radius 3 is 2.50 bits per heavy atom. The van der Waals surface area contributed by atoms with Crippen molar-refractivity contribution in [3.63, 3.8) is 0 Å². The number of methoxy groups -OCH3 is 1. The molecule has 0 aromatic rings. The van der Waals surface area contributed by atoms with E-state index in [0.29, 0.717) is 41.9 Å². The molecule has 3 unspecified atom stereocenters.